The number of rotatable bonds is 8. The highest BCUT2D eigenvalue weighted by atomic mass is 19.3. The number of alkyl halides is 2. The molecule has 1 aromatic carbocycles. The predicted molar refractivity (Wildman–Crippen MR) is 104 cm³/mol. The van der Waals surface area contributed by atoms with Gasteiger partial charge in [-0.25, -0.2) is 4.79 Å². The van der Waals surface area contributed by atoms with Crippen LogP contribution in [-0.2, 0) is 4.74 Å². The third kappa shape index (κ3) is 7.34. The van der Waals surface area contributed by atoms with Crippen LogP contribution in [0.1, 0.15) is 65.0 Å². The number of carbonyl (C=O) groups is 1. The monoisotopic (exact) mass is 415 g/mol. The third-order valence-corrected chi connectivity index (χ3v) is 4.49. The Bertz CT molecular complexity index is 678. The Morgan fingerprint density at radius 3 is 2.66 bits per heavy atom. The van der Waals surface area contributed by atoms with Gasteiger partial charge in [-0.1, -0.05) is 25.8 Å². The van der Waals surface area contributed by atoms with Crippen LogP contribution in [0.2, 0.25) is 0 Å². The average molecular weight is 415 g/mol. The topological polar surface area (TPSA) is 68.2 Å². The molecule has 29 heavy (non-hydrogen) atoms. The van der Waals surface area contributed by atoms with E-state index < -0.39 is 24.4 Å². The molecule has 1 aliphatic heterocycles. The fourth-order valence-electron chi connectivity index (χ4n) is 3.08. The molecule has 1 fully saturated rings. The number of aliphatic hydroxyl groups excluding tert-OH is 1. The van der Waals surface area contributed by atoms with E-state index in [4.69, 9.17) is 9.47 Å². The van der Waals surface area contributed by atoms with Gasteiger partial charge in [-0.05, 0) is 44.9 Å². The van der Waals surface area contributed by atoms with Gasteiger partial charge in [0.1, 0.15) is 11.7 Å². The van der Waals surface area contributed by atoms with Gasteiger partial charge in [0, 0.05) is 13.0 Å². The highest BCUT2D eigenvalue weighted by Crippen LogP contribution is 2.34. The maximum absolute atomic E-state index is 12.8. The summed E-state index contributed by atoms with van der Waals surface area (Å²) in [6.07, 6.45) is 1.37. The van der Waals surface area contributed by atoms with E-state index in [1.54, 1.807) is 26.8 Å². The first-order valence-corrected chi connectivity index (χ1v) is 10.0. The van der Waals surface area contributed by atoms with Gasteiger partial charge in [0.25, 0.3) is 0 Å². The molecule has 1 saturated heterocycles. The number of carbonyl (C=O) groups excluding carboxylic acids is 1. The SMILES string of the molecule is CCCCC(O)c1ccc(OC(F)F)c(OC2CCN(C(=O)OC(C)(C)C)C2)c1. The molecule has 0 spiro atoms. The van der Waals surface area contributed by atoms with Crippen molar-refractivity contribution in [2.75, 3.05) is 13.1 Å². The van der Waals surface area contributed by atoms with E-state index in [0.717, 1.165) is 12.8 Å². The van der Waals surface area contributed by atoms with Crippen molar-refractivity contribution in [3.8, 4) is 11.5 Å². The summed E-state index contributed by atoms with van der Waals surface area (Å²) in [7, 11) is 0. The van der Waals surface area contributed by atoms with Gasteiger partial charge in [-0.3, -0.25) is 0 Å². The van der Waals surface area contributed by atoms with E-state index in [2.05, 4.69) is 4.74 Å². The third-order valence-electron chi connectivity index (χ3n) is 4.49. The molecule has 0 bridgehead atoms. The van der Waals surface area contributed by atoms with Crippen LogP contribution in [0.3, 0.4) is 0 Å². The van der Waals surface area contributed by atoms with Crippen LogP contribution in [0.4, 0.5) is 13.6 Å². The van der Waals surface area contributed by atoms with Crippen LogP contribution >= 0.6 is 0 Å². The minimum absolute atomic E-state index is 0.0952. The van der Waals surface area contributed by atoms with Gasteiger partial charge in [-0.15, -0.1) is 0 Å². The molecule has 1 N–H and O–H groups in total. The minimum Gasteiger partial charge on any atom is -0.485 e. The zero-order valence-electron chi connectivity index (χ0n) is 17.5. The van der Waals surface area contributed by atoms with E-state index in [9.17, 15) is 18.7 Å². The average Bonchev–Trinajstić information content (AvgIpc) is 3.08. The molecule has 6 nitrogen and oxygen atoms in total. The zero-order chi connectivity index (χ0) is 21.6. The largest absolute Gasteiger partial charge is 0.485 e. The fourth-order valence-corrected chi connectivity index (χ4v) is 3.08. The van der Waals surface area contributed by atoms with E-state index in [0.29, 0.717) is 24.9 Å². The maximum atomic E-state index is 12.8. The summed E-state index contributed by atoms with van der Waals surface area (Å²) in [5.41, 5.74) is -0.0193. The predicted octanol–water partition coefficient (Wildman–Crippen LogP) is 4.90. The van der Waals surface area contributed by atoms with Gasteiger partial charge in [0.05, 0.1) is 12.6 Å². The van der Waals surface area contributed by atoms with Gasteiger partial charge in [-0.2, -0.15) is 8.78 Å². The highest BCUT2D eigenvalue weighted by Gasteiger charge is 2.31. The maximum Gasteiger partial charge on any atom is 0.410 e. The molecule has 0 aliphatic carbocycles. The van der Waals surface area contributed by atoms with Crippen molar-refractivity contribution in [1.82, 2.24) is 4.90 Å². The molecule has 2 atom stereocenters. The molecule has 2 unspecified atom stereocenters. The number of hydrogen-bond donors (Lipinski definition) is 1. The minimum atomic E-state index is -2.99. The summed E-state index contributed by atoms with van der Waals surface area (Å²) in [5.74, 6) is 0.0385. The second-order valence-electron chi connectivity index (χ2n) is 8.20. The second-order valence-corrected chi connectivity index (χ2v) is 8.20. The molecule has 0 aromatic heterocycles. The van der Waals surface area contributed by atoms with Gasteiger partial charge >= 0.3 is 12.7 Å². The molecule has 1 heterocycles. The number of hydrogen-bond acceptors (Lipinski definition) is 5. The molecule has 8 heteroatoms. The number of unbranched alkanes of at least 4 members (excludes halogenated alkanes) is 1. The quantitative estimate of drug-likeness (QED) is 0.654. The molecular formula is C21H31F2NO5. The molecule has 0 radical (unpaired) electrons. The lowest BCUT2D eigenvalue weighted by molar-refractivity contribution is -0.0520. The van der Waals surface area contributed by atoms with Crippen LogP contribution < -0.4 is 9.47 Å². The first kappa shape index (κ1) is 23.2. The summed E-state index contributed by atoms with van der Waals surface area (Å²) in [6.45, 7) is 5.14. The molecule has 1 amide bonds. The summed E-state index contributed by atoms with van der Waals surface area (Å²) in [6, 6.07) is 4.48. The summed E-state index contributed by atoms with van der Waals surface area (Å²) in [5, 5.41) is 10.3. The van der Waals surface area contributed by atoms with Crippen LogP contribution in [0.5, 0.6) is 11.5 Å². The highest BCUT2D eigenvalue weighted by molar-refractivity contribution is 5.68. The molecule has 0 saturated carbocycles. The fraction of sp³-hybridized carbons (Fsp3) is 0.667. The van der Waals surface area contributed by atoms with Crippen molar-refractivity contribution in [2.45, 2.75) is 77.8 Å². The Hall–Kier alpha value is -2.09. The molecule has 1 aliphatic rings. The van der Waals surface area contributed by atoms with Crippen molar-refractivity contribution in [1.29, 1.82) is 0 Å². The van der Waals surface area contributed by atoms with Crippen molar-refractivity contribution in [3.63, 3.8) is 0 Å². The summed E-state index contributed by atoms with van der Waals surface area (Å²) >= 11 is 0. The van der Waals surface area contributed by atoms with Crippen LogP contribution in [0.15, 0.2) is 18.2 Å². The lowest BCUT2D eigenvalue weighted by atomic mass is 10.0. The van der Waals surface area contributed by atoms with Crippen molar-refractivity contribution < 1.29 is 32.9 Å². The van der Waals surface area contributed by atoms with Gasteiger partial charge in [0.15, 0.2) is 11.5 Å². The zero-order valence-corrected chi connectivity index (χ0v) is 17.5. The lowest BCUT2D eigenvalue weighted by Crippen LogP contribution is -2.36. The first-order valence-electron chi connectivity index (χ1n) is 10.0. The smallest absolute Gasteiger partial charge is 0.410 e. The van der Waals surface area contributed by atoms with E-state index in [1.807, 2.05) is 6.92 Å². The van der Waals surface area contributed by atoms with Crippen molar-refractivity contribution in [2.24, 2.45) is 0 Å². The van der Waals surface area contributed by atoms with E-state index in [-0.39, 0.29) is 24.1 Å². The number of ether oxygens (including phenoxy) is 3. The van der Waals surface area contributed by atoms with Crippen molar-refractivity contribution in [3.05, 3.63) is 23.8 Å². The van der Waals surface area contributed by atoms with Gasteiger partial charge < -0.3 is 24.2 Å². The number of likely N-dealkylation sites (tertiary alicyclic amines) is 1. The number of nitrogens with zero attached hydrogens (tertiary/aromatic N) is 1. The first-order chi connectivity index (χ1) is 13.6. The molecule has 164 valence electrons. The van der Waals surface area contributed by atoms with Crippen LogP contribution in [0.25, 0.3) is 0 Å². The molecule has 2 rings (SSSR count). The Labute approximate surface area is 170 Å². The number of benzene rings is 1. The Morgan fingerprint density at radius 1 is 1.31 bits per heavy atom. The number of aliphatic hydroxyl groups is 1. The lowest BCUT2D eigenvalue weighted by Gasteiger charge is -2.24. The number of halogens is 2. The van der Waals surface area contributed by atoms with Crippen LogP contribution in [0, 0.1) is 0 Å². The van der Waals surface area contributed by atoms with Crippen molar-refractivity contribution >= 4 is 6.09 Å². The Morgan fingerprint density at radius 2 is 2.03 bits per heavy atom. The van der Waals surface area contributed by atoms with Crippen LogP contribution in [-0.4, -0.2) is 47.5 Å². The van der Waals surface area contributed by atoms with E-state index >= 15 is 0 Å². The summed E-state index contributed by atoms with van der Waals surface area (Å²) in [4.78, 5) is 13.7. The standard InChI is InChI=1S/C21H31F2NO5/c1-5-6-7-16(25)14-8-9-17(28-19(22)23)18(12-14)27-15-10-11-24(13-15)20(26)29-21(2,3)4/h8-9,12,15-16,19,25H,5-7,10-11,13H2,1-4H3. The van der Waals surface area contributed by atoms with E-state index in [1.165, 1.54) is 17.0 Å². The Balaban J connectivity index is 2.10. The normalized spacial score (nSPS) is 18.1. The van der Waals surface area contributed by atoms with Gasteiger partial charge in [0.2, 0.25) is 0 Å². The summed E-state index contributed by atoms with van der Waals surface area (Å²) < 4.78 is 41.4. The Kier molecular flexibility index (Phi) is 8.07. The molecular weight excluding hydrogens is 384 g/mol. The number of amides is 1. The second kappa shape index (κ2) is 10.1. The molecule has 1 aromatic rings.